The Labute approximate surface area is 232 Å². The molecule has 0 fully saturated rings. The summed E-state index contributed by atoms with van der Waals surface area (Å²) in [5, 5.41) is 18.8. The number of ether oxygens (including phenoxy) is 4. The lowest BCUT2D eigenvalue weighted by atomic mass is 10.1. The van der Waals surface area contributed by atoms with Crippen molar-refractivity contribution in [2.75, 3.05) is 6.61 Å². The van der Waals surface area contributed by atoms with Crippen LogP contribution in [0, 0.1) is 13.8 Å². The van der Waals surface area contributed by atoms with Crippen LogP contribution in [-0.4, -0.2) is 28.8 Å². The Morgan fingerprint density at radius 1 is 0.650 bits per heavy atom. The monoisotopic (exact) mass is 542 g/mol. The van der Waals surface area contributed by atoms with Gasteiger partial charge in [0.2, 0.25) is 0 Å². The minimum absolute atomic E-state index is 0.0767. The maximum atomic E-state index is 12.0. The number of hydrogen-bond donors (Lipinski definition) is 2. The Kier molecular flexibility index (Phi) is 9.25. The molecule has 0 aliphatic heterocycles. The summed E-state index contributed by atoms with van der Waals surface area (Å²) in [5.74, 6) is -0.369. The summed E-state index contributed by atoms with van der Waals surface area (Å²) >= 11 is 0. The summed E-state index contributed by atoms with van der Waals surface area (Å²) in [6.07, 6.45) is 0. The number of aryl methyl sites for hydroxylation is 2. The van der Waals surface area contributed by atoms with Crippen molar-refractivity contribution < 1.29 is 38.7 Å². The minimum atomic E-state index is -1.08. The van der Waals surface area contributed by atoms with E-state index >= 15 is 0 Å². The molecule has 0 aliphatic carbocycles. The van der Waals surface area contributed by atoms with Crippen LogP contribution in [-0.2, 0) is 24.6 Å². The van der Waals surface area contributed by atoms with E-state index in [4.69, 9.17) is 24.1 Å². The van der Waals surface area contributed by atoms with Gasteiger partial charge >= 0.3 is 11.9 Å². The number of benzene rings is 4. The first-order valence-corrected chi connectivity index (χ1v) is 12.6. The molecule has 0 saturated carbocycles. The first-order valence-electron chi connectivity index (χ1n) is 12.6. The fourth-order valence-corrected chi connectivity index (χ4v) is 4.15. The summed E-state index contributed by atoms with van der Waals surface area (Å²) in [7, 11) is 0. The lowest BCUT2D eigenvalue weighted by Gasteiger charge is -2.16. The molecule has 0 unspecified atom stereocenters. The van der Waals surface area contributed by atoms with Crippen molar-refractivity contribution >= 4 is 11.9 Å². The molecule has 8 heteroatoms. The fraction of sp³-hybridized carbons (Fsp3) is 0.188. The van der Waals surface area contributed by atoms with E-state index in [9.17, 15) is 14.7 Å². The van der Waals surface area contributed by atoms with Crippen LogP contribution >= 0.6 is 0 Å². The van der Waals surface area contributed by atoms with E-state index in [1.165, 1.54) is 0 Å². The van der Waals surface area contributed by atoms with Crippen molar-refractivity contribution in [3.05, 3.63) is 118 Å². The Bertz CT molecular complexity index is 1480. The summed E-state index contributed by atoms with van der Waals surface area (Å²) in [6, 6.07) is 25.7. The van der Waals surface area contributed by atoms with Gasteiger partial charge in [-0.3, -0.25) is 0 Å². The van der Waals surface area contributed by atoms with Gasteiger partial charge in [0.15, 0.2) is 6.61 Å². The Morgan fingerprint density at radius 3 is 2.10 bits per heavy atom. The predicted octanol–water partition coefficient (Wildman–Crippen LogP) is 6.20. The Morgan fingerprint density at radius 2 is 1.35 bits per heavy atom. The number of carboxylic acid groups (broad SMARTS) is 2. The number of carbonyl (C=O) groups is 2. The quantitative estimate of drug-likeness (QED) is 0.205. The summed E-state index contributed by atoms with van der Waals surface area (Å²) in [5.41, 5.74) is 3.90. The third-order valence-corrected chi connectivity index (χ3v) is 6.06. The highest BCUT2D eigenvalue weighted by Gasteiger charge is 2.17. The number of aromatic carboxylic acids is 1. The molecule has 4 aromatic carbocycles. The maximum absolute atomic E-state index is 12.0. The third kappa shape index (κ3) is 7.54. The molecule has 0 heterocycles. The van der Waals surface area contributed by atoms with E-state index in [2.05, 4.69) is 0 Å². The van der Waals surface area contributed by atoms with Crippen molar-refractivity contribution in [2.24, 2.45) is 0 Å². The zero-order chi connectivity index (χ0) is 28.5. The van der Waals surface area contributed by atoms with Crippen molar-refractivity contribution in [1.82, 2.24) is 0 Å². The molecule has 8 nitrogen and oxygen atoms in total. The van der Waals surface area contributed by atoms with E-state index in [-0.39, 0.29) is 24.5 Å². The summed E-state index contributed by atoms with van der Waals surface area (Å²) in [4.78, 5) is 22.9. The number of aliphatic carboxylic acids is 1. The van der Waals surface area contributed by atoms with Gasteiger partial charge in [0.1, 0.15) is 48.4 Å². The van der Waals surface area contributed by atoms with Crippen molar-refractivity contribution in [1.29, 1.82) is 0 Å². The van der Waals surface area contributed by atoms with Crippen LogP contribution in [0.1, 0.15) is 38.2 Å². The molecular formula is C32H30O8. The Balaban J connectivity index is 1.45. The highest BCUT2D eigenvalue weighted by molar-refractivity contribution is 5.93. The van der Waals surface area contributed by atoms with E-state index in [0.29, 0.717) is 29.4 Å². The molecule has 4 rings (SSSR count). The van der Waals surface area contributed by atoms with Gasteiger partial charge in [-0.1, -0.05) is 60.7 Å². The van der Waals surface area contributed by atoms with E-state index in [1.54, 1.807) is 31.2 Å². The van der Waals surface area contributed by atoms with Gasteiger partial charge in [0.25, 0.3) is 0 Å². The normalized spacial score (nSPS) is 10.6. The number of para-hydroxylation sites is 1. The van der Waals surface area contributed by atoms with Crippen LogP contribution in [0.25, 0.3) is 0 Å². The molecule has 4 aromatic rings. The van der Waals surface area contributed by atoms with Gasteiger partial charge in [0.05, 0.1) is 0 Å². The second kappa shape index (κ2) is 13.2. The largest absolute Gasteiger partial charge is 0.489 e. The SMILES string of the molecule is Cc1cccc(COc2cccc(COc3cc(OCc4ccccc4)cc(C)c3C(=O)O)c2)c1OCC(=O)O. The number of carboxylic acids is 2. The molecular weight excluding hydrogens is 512 g/mol. The Hall–Kier alpha value is -4.98. The topological polar surface area (TPSA) is 112 Å². The molecule has 0 aromatic heterocycles. The van der Waals surface area contributed by atoms with Crippen molar-refractivity contribution in [2.45, 2.75) is 33.7 Å². The lowest BCUT2D eigenvalue weighted by molar-refractivity contribution is -0.139. The maximum Gasteiger partial charge on any atom is 0.341 e. The summed E-state index contributed by atoms with van der Waals surface area (Å²) in [6.45, 7) is 3.73. The van der Waals surface area contributed by atoms with Gasteiger partial charge in [-0.2, -0.15) is 0 Å². The van der Waals surface area contributed by atoms with E-state index < -0.39 is 18.5 Å². The van der Waals surface area contributed by atoms with Crippen LogP contribution in [0.3, 0.4) is 0 Å². The van der Waals surface area contributed by atoms with Crippen LogP contribution in [0.5, 0.6) is 23.0 Å². The summed E-state index contributed by atoms with van der Waals surface area (Å²) < 4.78 is 23.3. The highest BCUT2D eigenvalue weighted by atomic mass is 16.5. The van der Waals surface area contributed by atoms with Gasteiger partial charge in [-0.15, -0.1) is 0 Å². The standard InChI is InChI=1S/C32H30O8/c1-21-8-6-12-25(31(21)40-20-29(33)34)19-38-26-13-7-11-24(15-26)18-39-28-16-27(14-22(2)30(28)32(35)36)37-17-23-9-4-3-5-10-23/h3-16H,17-20H2,1-2H3,(H,33,34)(H,35,36). The lowest BCUT2D eigenvalue weighted by Crippen LogP contribution is -2.12. The molecule has 206 valence electrons. The number of rotatable bonds is 13. The molecule has 0 amide bonds. The molecule has 0 bridgehead atoms. The molecule has 0 aliphatic rings. The molecule has 0 atom stereocenters. The first kappa shape index (κ1) is 28.0. The van der Waals surface area contributed by atoms with Gasteiger partial charge in [-0.05, 0) is 54.3 Å². The number of hydrogen-bond acceptors (Lipinski definition) is 6. The third-order valence-electron chi connectivity index (χ3n) is 6.06. The average Bonchev–Trinajstić information content (AvgIpc) is 2.93. The zero-order valence-corrected chi connectivity index (χ0v) is 22.3. The van der Waals surface area contributed by atoms with Crippen LogP contribution in [0.2, 0.25) is 0 Å². The van der Waals surface area contributed by atoms with Gasteiger partial charge in [0, 0.05) is 11.6 Å². The van der Waals surface area contributed by atoms with Crippen molar-refractivity contribution in [3.63, 3.8) is 0 Å². The molecule has 0 spiro atoms. The minimum Gasteiger partial charge on any atom is -0.489 e. The molecule has 0 radical (unpaired) electrons. The van der Waals surface area contributed by atoms with Crippen LogP contribution < -0.4 is 18.9 Å². The molecule has 0 saturated heterocycles. The van der Waals surface area contributed by atoms with Crippen molar-refractivity contribution in [3.8, 4) is 23.0 Å². The molecule has 2 N–H and O–H groups in total. The highest BCUT2D eigenvalue weighted by Crippen LogP contribution is 2.31. The smallest absolute Gasteiger partial charge is 0.341 e. The van der Waals surface area contributed by atoms with E-state index in [0.717, 1.165) is 22.3 Å². The zero-order valence-electron chi connectivity index (χ0n) is 22.3. The van der Waals surface area contributed by atoms with E-state index in [1.807, 2.05) is 67.6 Å². The second-order valence-electron chi connectivity index (χ2n) is 9.16. The van der Waals surface area contributed by atoms with Gasteiger partial charge in [-0.25, -0.2) is 9.59 Å². The second-order valence-corrected chi connectivity index (χ2v) is 9.16. The predicted molar refractivity (Wildman–Crippen MR) is 148 cm³/mol. The average molecular weight is 543 g/mol. The molecule has 40 heavy (non-hydrogen) atoms. The first-order chi connectivity index (χ1) is 19.3. The van der Waals surface area contributed by atoms with Gasteiger partial charge < -0.3 is 29.2 Å². The van der Waals surface area contributed by atoms with Crippen LogP contribution in [0.4, 0.5) is 0 Å². The fourth-order valence-electron chi connectivity index (χ4n) is 4.15. The van der Waals surface area contributed by atoms with Crippen LogP contribution in [0.15, 0.2) is 84.9 Å².